The Hall–Kier alpha value is -2.97. The van der Waals surface area contributed by atoms with Gasteiger partial charge in [-0.2, -0.15) is 0 Å². The molecule has 2 aromatic carbocycles. The summed E-state index contributed by atoms with van der Waals surface area (Å²) in [6.45, 7) is 1.84. The van der Waals surface area contributed by atoms with E-state index in [9.17, 15) is 14.7 Å². The number of aliphatic hydroxyl groups excluding tert-OH is 1. The van der Waals surface area contributed by atoms with Crippen molar-refractivity contribution in [2.24, 2.45) is 0 Å². The van der Waals surface area contributed by atoms with E-state index in [1.54, 1.807) is 36.9 Å². The number of benzene rings is 2. The van der Waals surface area contributed by atoms with E-state index in [1.165, 1.54) is 16.2 Å². The number of nitrogens with zero attached hydrogens (tertiary/aromatic N) is 2. The number of hydrogen-bond acceptors (Lipinski definition) is 6. The summed E-state index contributed by atoms with van der Waals surface area (Å²) >= 11 is 4.66. The molecule has 1 atom stereocenters. The lowest BCUT2D eigenvalue weighted by molar-refractivity contribution is -0.132. The van der Waals surface area contributed by atoms with Crippen LogP contribution >= 0.6 is 27.3 Å². The molecule has 0 radical (unpaired) electrons. The number of aliphatic hydroxyl groups is 1. The molecule has 30 heavy (non-hydrogen) atoms. The zero-order chi connectivity index (χ0) is 21.4. The second-order valence-electron chi connectivity index (χ2n) is 6.72. The summed E-state index contributed by atoms with van der Waals surface area (Å²) in [5.41, 5.74) is 1.96. The van der Waals surface area contributed by atoms with E-state index in [-0.39, 0.29) is 11.3 Å². The van der Waals surface area contributed by atoms with E-state index in [2.05, 4.69) is 20.9 Å². The Bertz CT molecular complexity index is 1160. The standard InChI is InChI=1S/C22H17BrN2O4S/c1-12-11-14(5-8-16(12)29-2)19(26)17-18(13-3-6-15(23)7-4-13)25(21(28)20(17)27)22-24-9-10-30-22/h3-11,18,26H,1-2H3/b19-17+/t18-/m0/s1. The summed E-state index contributed by atoms with van der Waals surface area (Å²) in [6.07, 6.45) is 1.57. The van der Waals surface area contributed by atoms with Gasteiger partial charge in [-0.3, -0.25) is 14.5 Å². The number of amides is 1. The van der Waals surface area contributed by atoms with E-state index in [4.69, 9.17) is 4.74 Å². The predicted octanol–water partition coefficient (Wildman–Crippen LogP) is 4.85. The van der Waals surface area contributed by atoms with Gasteiger partial charge in [-0.15, -0.1) is 11.3 Å². The van der Waals surface area contributed by atoms with Crippen molar-refractivity contribution in [3.8, 4) is 5.75 Å². The first kappa shape index (κ1) is 20.3. The summed E-state index contributed by atoms with van der Waals surface area (Å²) in [5.74, 6) is -1.03. The van der Waals surface area contributed by atoms with Gasteiger partial charge in [-0.1, -0.05) is 28.1 Å². The molecule has 1 saturated heterocycles. The van der Waals surface area contributed by atoms with Gasteiger partial charge in [0.15, 0.2) is 5.13 Å². The molecule has 0 saturated carbocycles. The third kappa shape index (κ3) is 3.42. The Morgan fingerprint density at radius 3 is 2.53 bits per heavy atom. The van der Waals surface area contributed by atoms with Gasteiger partial charge in [0.25, 0.3) is 5.78 Å². The van der Waals surface area contributed by atoms with Gasteiger partial charge in [-0.05, 0) is 48.4 Å². The number of carbonyl (C=O) groups is 2. The van der Waals surface area contributed by atoms with Gasteiger partial charge in [0, 0.05) is 21.6 Å². The van der Waals surface area contributed by atoms with Gasteiger partial charge < -0.3 is 9.84 Å². The van der Waals surface area contributed by atoms with Crippen LogP contribution in [0.1, 0.15) is 22.7 Å². The number of ketones is 1. The summed E-state index contributed by atoms with van der Waals surface area (Å²) < 4.78 is 6.14. The van der Waals surface area contributed by atoms with Crippen LogP contribution in [0.5, 0.6) is 5.75 Å². The van der Waals surface area contributed by atoms with Crippen LogP contribution < -0.4 is 9.64 Å². The zero-order valence-electron chi connectivity index (χ0n) is 16.1. The fourth-order valence-corrected chi connectivity index (χ4v) is 4.44. The van der Waals surface area contributed by atoms with Crippen LogP contribution in [-0.2, 0) is 9.59 Å². The van der Waals surface area contributed by atoms with E-state index < -0.39 is 17.7 Å². The lowest BCUT2D eigenvalue weighted by Crippen LogP contribution is -2.29. The molecule has 1 aromatic heterocycles. The largest absolute Gasteiger partial charge is 0.507 e. The van der Waals surface area contributed by atoms with Gasteiger partial charge in [0.05, 0.1) is 18.7 Å². The monoisotopic (exact) mass is 484 g/mol. The highest BCUT2D eigenvalue weighted by Crippen LogP contribution is 2.43. The smallest absolute Gasteiger partial charge is 0.301 e. The normalized spacial score (nSPS) is 18.1. The molecule has 1 aliphatic rings. The molecule has 0 spiro atoms. The van der Waals surface area contributed by atoms with Crippen molar-refractivity contribution in [1.29, 1.82) is 0 Å². The third-order valence-corrected chi connectivity index (χ3v) is 6.22. The number of hydrogen-bond donors (Lipinski definition) is 1. The fourth-order valence-electron chi connectivity index (χ4n) is 3.51. The molecule has 152 valence electrons. The average molecular weight is 485 g/mol. The third-order valence-electron chi connectivity index (χ3n) is 4.92. The van der Waals surface area contributed by atoms with Gasteiger partial charge >= 0.3 is 5.91 Å². The molecule has 1 N–H and O–H groups in total. The van der Waals surface area contributed by atoms with Gasteiger partial charge in [0.1, 0.15) is 11.5 Å². The molecule has 6 nitrogen and oxygen atoms in total. The Morgan fingerprint density at radius 1 is 1.20 bits per heavy atom. The number of halogens is 1. The van der Waals surface area contributed by atoms with E-state index in [0.29, 0.717) is 22.0 Å². The maximum absolute atomic E-state index is 13.0. The molecule has 4 rings (SSSR count). The van der Waals surface area contributed by atoms with Gasteiger partial charge in [-0.25, -0.2) is 4.98 Å². The van der Waals surface area contributed by atoms with Crippen molar-refractivity contribution >= 4 is 49.8 Å². The van der Waals surface area contributed by atoms with E-state index >= 15 is 0 Å². The Kier molecular flexibility index (Phi) is 5.44. The maximum Gasteiger partial charge on any atom is 0.301 e. The number of ether oxygens (including phenoxy) is 1. The fraction of sp³-hybridized carbons (Fsp3) is 0.136. The lowest BCUT2D eigenvalue weighted by atomic mass is 9.95. The molecule has 8 heteroatoms. The zero-order valence-corrected chi connectivity index (χ0v) is 18.5. The van der Waals surface area contributed by atoms with Crippen molar-refractivity contribution in [1.82, 2.24) is 4.98 Å². The minimum atomic E-state index is -0.786. The molecule has 2 heterocycles. The Balaban J connectivity index is 1.92. The summed E-state index contributed by atoms with van der Waals surface area (Å²) in [7, 11) is 1.56. The number of Topliss-reactive ketones (excluding diaryl/α,β-unsaturated/α-hetero) is 1. The average Bonchev–Trinajstić information content (AvgIpc) is 3.35. The van der Waals surface area contributed by atoms with Crippen molar-refractivity contribution in [3.05, 3.63) is 80.8 Å². The van der Waals surface area contributed by atoms with E-state index in [0.717, 1.165) is 10.0 Å². The second kappa shape index (κ2) is 8.04. The van der Waals surface area contributed by atoms with Crippen molar-refractivity contribution < 1.29 is 19.4 Å². The minimum Gasteiger partial charge on any atom is -0.507 e. The predicted molar refractivity (Wildman–Crippen MR) is 119 cm³/mol. The first-order valence-corrected chi connectivity index (χ1v) is 10.7. The molecular weight excluding hydrogens is 468 g/mol. The summed E-state index contributed by atoms with van der Waals surface area (Å²) in [5, 5.41) is 13.2. The van der Waals surface area contributed by atoms with Crippen LogP contribution in [0.15, 0.2) is 64.1 Å². The lowest BCUT2D eigenvalue weighted by Gasteiger charge is -2.23. The first-order chi connectivity index (χ1) is 14.4. The number of carbonyl (C=O) groups excluding carboxylic acids is 2. The number of rotatable bonds is 4. The van der Waals surface area contributed by atoms with Gasteiger partial charge in [0.2, 0.25) is 0 Å². The van der Waals surface area contributed by atoms with Crippen LogP contribution in [0.25, 0.3) is 5.76 Å². The molecule has 3 aromatic rings. The molecular formula is C22H17BrN2O4S. The van der Waals surface area contributed by atoms with Crippen LogP contribution in [-0.4, -0.2) is 28.9 Å². The molecule has 1 aliphatic heterocycles. The second-order valence-corrected chi connectivity index (χ2v) is 8.51. The highest BCUT2D eigenvalue weighted by Gasteiger charge is 2.47. The quantitative estimate of drug-likeness (QED) is 0.325. The number of aromatic nitrogens is 1. The number of methoxy groups -OCH3 is 1. The Morgan fingerprint density at radius 2 is 1.93 bits per heavy atom. The van der Waals surface area contributed by atoms with Crippen LogP contribution in [0.4, 0.5) is 5.13 Å². The number of thiazole rings is 1. The van der Waals surface area contributed by atoms with Crippen molar-refractivity contribution in [3.63, 3.8) is 0 Å². The van der Waals surface area contributed by atoms with E-state index in [1.807, 2.05) is 31.2 Å². The van der Waals surface area contributed by atoms with Crippen molar-refractivity contribution in [2.45, 2.75) is 13.0 Å². The molecule has 0 aliphatic carbocycles. The SMILES string of the molecule is COc1ccc(/C(O)=C2\C(=O)C(=O)N(c3nccs3)[C@H]2c2ccc(Br)cc2)cc1C. The first-order valence-electron chi connectivity index (χ1n) is 9.03. The van der Waals surface area contributed by atoms with Crippen LogP contribution in [0.3, 0.4) is 0 Å². The highest BCUT2D eigenvalue weighted by molar-refractivity contribution is 9.10. The van der Waals surface area contributed by atoms with Crippen LogP contribution in [0, 0.1) is 6.92 Å². The summed E-state index contributed by atoms with van der Waals surface area (Å²) in [6, 6.07) is 11.6. The topological polar surface area (TPSA) is 79.7 Å². The molecule has 1 fully saturated rings. The molecule has 1 amide bonds. The van der Waals surface area contributed by atoms with Crippen LogP contribution in [0.2, 0.25) is 0 Å². The number of aryl methyl sites for hydroxylation is 1. The summed E-state index contributed by atoms with van der Waals surface area (Å²) in [4.78, 5) is 31.5. The van der Waals surface area contributed by atoms with Crippen molar-refractivity contribution in [2.75, 3.05) is 12.0 Å². The highest BCUT2D eigenvalue weighted by atomic mass is 79.9. The number of anilines is 1. The maximum atomic E-state index is 13.0. The minimum absolute atomic E-state index is 0.0297. The Labute approximate surface area is 185 Å². The molecule has 0 unspecified atom stereocenters. The molecule has 0 bridgehead atoms.